The van der Waals surface area contributed by atoms with Crippen LogP contribution < -0.4 is 10.5 Å². The highest BCUT2D eigenvalue weighted by Gasteiger charge is 2.17. The highest BCUT2D eigenvalue weighted by Crippen LogP contribution is 2.29. The summed E-state index contributed by atoms with van der Waals surface area (Å²) in [6, 6.07) is 3.42. The van der Waals surface area contributed by atoms with Crippen LogP contribution in [0, 0.1) is 6.92 Å². The lowest BCUT2D eigenvalue weighted by Gasteiger charge is -2.14. The lowest BCUT2D eigenvalue weighted by molar-refractivity contribution is 0.0178. The van der Waals surface area contributed by atoms with E-state index >= 15 is 0 Å². The molecule has 0 saturated heterocycles. The third-order valence-corrected chi connectivity index (χ3v) is 3.09. The second-order valence-corrected chi connectivity index (χ2v) is 5.18. The van der Waals surface area contributed by atoms with E-state index in [0.717, 1.165) is 5.56 Å². The summed E-state index contributed by atoms with van der Waals surface area (Å²) in [6.07, 6.45) is 1.50. The Balaban J connectivity index is 2.46. The highest BCUT2D eigenvalue weighted by molar-refractivity contribution is 5.95. The molecule has 0 radical (unpaired) electrons. The lowest BCUT2D eigenvalue weighted by Crippen LogP contribution is -2.15. The molecule has 0 spiro atoms. The average Bonchev–Trinajstić information content (AvgIpc) is 2.59. The van der Waals surface area contributed by atoms with Gasteiger partial charge in [-0.3, -0.25) is 0 Å². The van der Waals surface area contributed by atoms with E-state index in [4.69, 9.17) is 29.4 Å². The van der Waals surface area contributed by atoms with Crippen molar-refractivity contribution in [2.45, 2.75) is 6.92 Å². The molecule has 7 heteroatoms. The quantitative estimate of drug-likeness (QED) is 0.251. The van der Waals surface area contributed by atoms with Crippen molar-refractivity contribution in [2.24, 2.45) is 0 Å². The largest absolute Gasteiger partial charge is 0.488 e. The van der Waals surface area contributed by atoms with E-state index in [9.17, 15) is 4.79 Å². The Morgan fingerprint density at radius 1 is 1.12 bits per heavy atom. The minimum Gasteiger partial charge on any atom is -0.488 e. The van der Waals surface area contributed by atoms with Crippen LogP contribution in [0.3, 0.4) is 0 Å². The van der Waals surface area contributed by atoms with Crippen LogP contribution >= 0.6 is 0 Å². The number of benzene rings is 1. The van der Waals surface area contributed by atoms with Crippen molar-refractivity contribution in [2.75, 3.05) is 59.1 Å². The maximum absolute atomic E-state index is 12.1. The van der Waals surface area contributed by atoms with Crippen LogP contribution in [0.5, 0.6) is 5.75 Å². The van der Waals surface area contributed by atoms with E-state index in [-0.39, 0.29) is 13.2 Å². The third kappa shape index (κ3) is 8.02. The molecule has 0 aliphatic heterocycles. The van der Waals surface area contributed by atoms with E-state index < -0.39 is 5.97 Å². The molecule has 0 aliphatic carbocycles. The molecule has 0 bridgehead atoms. The topological polar surface area (TPSA) is 89.2 Å². The number of hydrogen-bond acceptors (Lipinski definition) is 7. The summed E-state index contributed by atoms with van der Waals surface area (Å²) in [5.41, 5.74) is 7.50. The zero-order chi connectivity index (χ0) is 18.5. The van der Waals surface area contributed by atoms with Gasteiger partial charge in [-0.25, -0.2) is 4.79 Å². The van der Waals surface area contributed by atoms with Gasteiger partial charge in [-0.2, -0.15) is 0 Å². The Morgan fingerprint density at radius 2 is 1.76 bits per heavy atom. The molecule has 0 aromatic heterocycles. The number of nitrogen functional groups attached to an aromatic ring is 1. The number of carbonyl (C=O) groups is 1. The van der Waals surface area contributed by atoms with Crippen LogP contribution in [0.15, 0.2) is 24.8 Å². The van der Waals surface area contributed by atoms with E-state index in [1.54, 1.807) is 19.2 Å². The number of rotatable bonds is 13. The van der Waals surface area contributed by atoms with Crippen molar-refractivity contribution in [3.8, 4) is 5.75 Å². The first-order valence-corrected chi connectivity index (χ1v) is 8.05. The summed E-state index contributed by atoms with van der Waals surface area (Å²) >= 11 is 0. The molecular formula is C18H27NO6. The van der Waals surface area contributed by atoms with Gasteiger partial charge in [0.2, 0.25) is 0 Å². The van der Waals surface area contributed by atoms with Crippen molar-refractivity contribution in [3.63, 3.8) is 0 Å². The summed E-state index contributed by atoms with van der Waals surface area (Å²) in [4.78, 5) is 12.1. The molecule has 0 fully saturated rings. The van der Waals surface area contributed by atoms with Gasteiger partial charge in [0.1, 0.15) is 18.8 Å². The molecule has 140 valence electrons. The molecule has 0 amide bonds. The average molecular weight is 353 g/mol. The molecule has 7 nitrogen and oxygen atoms in total. The molecule has 25 heavy (non-hydrogen) atoms. The second kappa shape index (κ2) is 12.3. The third-order valence-electron chi connectivity index (χ3n) is 3.09. The Labute approximate surface area is 148 Å². The molecule has 0 heterocycles. The first-order chi connectivity index (χ1) is 12.1. The molecule has 0 aliphatic rings. The molecule has 0 saturated carbocycles. The number of methoxy groups -OCH3 is 1. The van der Waals surface area contributed by atoms with Gasteiger partial charge in [-0.05, 0) is 24.6 Å². The zero-order valence-electron chi connectivity index (χ0n) is 14.9. The maximum atomic E-state index is 12.1. The number of hydrogen-bond donors (Lipinski definition) is 1. The number of carbonyl (C=O) groups excluding carboxylic acids is 1. The Hall–Kier alpha value is -2.09. The van der Waals surface area contributed by atoms with Crippen LogP contribution in [-0.2, 0) is 18.9 Å². The summed E-state index contributed by atoms with van der Waals surface area (Å²) in [5.74, 6) is -0.197. The monoisotopic (exact) mass is 353 g/mol. The van der Waals surface area contributed by atoms with E-state index in [2.05, 4.69) is 6.58 Å². The molecule has 1 aromatic rings. The number of esters is 1. The Morgan fingerprint density at radius 3 is 2.40 bits per heavy atom. The van der Waals surface area contributed by atoms with Gasteiger partial charge < -0.3 is 29.4 Å². The first kappa shape index (κ1) is 21.0. The predicted molar refractivity (Wildman–Crippen MR) is 95.1 cm³/mol. The van der Waals surface area contributed by atoms with E-state index in [1.165, 1.54) is 6.08 Å². The van der Waals surface area contributed by atoms with Crippen molar-refractivity contribution in [3.05, 3.63) is 35.9 Å². The minimum absolute atomic E-state index is 0.123. The maximum Gasteiger partial charge on any atom is 0.342 e. The van der Waals surface area contributed by atoms with Crippen LogP contribution in [0.2, 0.25) is 0 Å². The van der Waals surface area contributed by atoms with Gasteiger partial charge >= 0.3 is 5.97 Å². The molecular weight excluding hydrogens is 326 g/mol. The van der Waals surface area contributed by atoms with Crippen molar-refractivity contribution in [1.29, 1.82) is 0 Å². The second-order valence-electron chi connectivity index (χ2n) is 5.18. The van der Waals surface area contributed by atoms with Crippen LogP contribution in [0.1, 0.15) is 15.9 Å². The van der Waals surface area contributed by atoms with Gasteiger partial charge in [0.15, 0.2) is 5.75 Å². The number of anilines is 1. The lowest BCUT2D eigenvalue weighted by atomic mass is 10.1. The van der Waals surface area contributed by atoms with Crippen LogP contribution in [0.4, 0.5) is 5.69 Å². The molecule has 2 N–H and O–H groups in total. The molecule has 0 unspecified atom stereocenters. The fraction of sp³-hybridized carbons (Fsp3) is 0.500. The van der Waals surface area contributed by atoms with Crippen LogP contribution in [-0.4, -0.2) is 59.3 Å². The summed E-state index contributed by atoms with van der Waals surface area (Å²) in [5, 5.41) is 0. The van der Waals surface area contributed by atoms with E-state index in [0.29, 0.717) is 50.0 Å². The van der Waals surface area contributed by atoms with E-state index in [1.807, 2.05) is 6.92 Å². The Kier molecular flexibility index (Phi) is 10.3. The normalized spacial score (nSPS) is 10.5. The van der Waals surface area contributed by atoms with Crippen molar-refractivity contribution in [1.82, 2.24) is 0 Å². The van der Waals surface area contributed by atoms with Crippen LogP contribution in [0.25, 0.3) is 0 Å². The van der Waals surface area contributed by atoms with Gasteiger partial charge in [0.25, 0.3) is 0 Å². The zero-order valence-corrected chi connectivity index (χ0v) is 14.9. The number of nitrogens with two attached hydrogens (primary N) is 1. The molecule has 1 aromatic carbocycles. The standard InChI is InChI=1S/C18H27NO6/c1-4-5-25-18(20)15-12-14(2)13-16(19)17(15)24-11-10-23-9-8-22-7-6-21-3/h4,12-13H,1,5-11,19H2,2-3H3. The minimum atomic E-state index is -0.502. The highest BCUT2D eigenvalue weighted by atomic mass is 16.6. The first-order valence-electron chi connectivity index (χ1n) is 8.05. The summed E-state index contributed by atoms with van der Waals surface area (Å²) < 4.78 is 26.3. The summed E-state index contributed by atoms with van der Waals surface area (Å²) in [6.45, 7) is 8.11. The van der Waals surface area contributed by atoms with Crippen molar-refractivity contribution >= 4 is 11.7 Å². The molecule has 0 atom stereocenters. The SMILES string of the molecule is C=CCOC(=O)c1cc(C)cc(N)c1OCCOCCOCCOC. The fourth-order valence-corrected chi connectivity index (χ4v) is 1.99. The number of ether oxygens (including phenoxy) is 5. The Bertz CT molecular complexity index is 547. The van der Waals surface area contributed by atoms with Gasteiger partial charge in [0.05, 0.1) is 38.7 Å². The van der Waals surface area contributed by atoms with Gasteiger partial charge in [-0.1, -0.05) is 12.7 Å². The predicted octanol–water partition coefficient (Wildman–Crippen LogP) is 1.98. The summed E-state index contributed by atoms with van der Waals surface area (Å²) in [7, 11) is 1.62. The van der Waals surface area contributed by atoms with Gasteiger partial charge in [-0.15, -0.1) is 0 Å². The van der Waals surface area contributed by atoms with Gasteiger partial charge in [0, 0.05) is 7.11 Å². The molecule has 1 rings (SSSR count). The number of aryl methyl sites for hydroxylation is 1. The van der Waals surface area contributed by atoms with Crippen molar-refractivity contribution < 1.29 is 28.5 Å². The fourth-order valence-electron chi connectivity index (χ4n) is 1.99. The smallest absolute Gasteiger partial charge is 0.342 e.